The Morgan fingerprint density at radius 2 is 2.31 bits per heavy atom. The lowest BCUT2D eigenvalue weighted by molar-refractivity contribution is -0.115. The molecule has 0 fully saturated rings. The molecule has 1 amide bonds. The van der Waals surface area contributed by atoms with Crippen molar-refractivity contribution in [2.75, 3.05) is 5.32 Å². The lowest BCUT2D eigenvalue weighted by Gasteiger charge is -2.20. The Balaban J connectivity index is 2.42. The summed E-state index contributed by atoms with van der Waals surface area (Å²) in [5.74, 6) is -0.167. The highest BCUT2D eigenvalue weighted by Crippen LogP contribution is 2.35. The molecule has 1 heterocycles. The van der Waals surface area contributed by atoms with Crippen molar-refractivity contribution in [3.8, 4) is 0 Å². The minimum atomic E-state index is -0.536. The molecule has 1 unspecified atom stereocenters. The third-order valence-corrected chi connectivity index (χ3v) is 3.01. The normalized spacial score (nSPS) is 20.8. The SMILES string of the molecule is NC1Sc2cc(Cl)ccc2NC1=O. The number of nitrogens with two attached hydrogens (primary N) is 1. The number of carbonyl (C=O) groups excluding carboxylic acids is 1. The molecule has 0 aliphatic carbocycles. The highest BCUT2D eigenvalue weighted by molar-refractivity contribution is 8.00. The Morgan fingerprint density at radius 3 is 3.08 bits per heavy atom. The summed E-state index contributed by atoms with van der Waals surface area (Å²) in [6.07, 6.45) is 0. The van der Waals surface area contributed by atoms with E-state index in [9.17, 15) is 4.79 Å². The van der Waals surface area contributed by atoms with Crippen LogP contribution in [0.5, 0.6) is 0 Å². The maximum Gasteiger partial charge on any atom is 0.252 e. The van der Waals surface area contributed by atoms with E-state index in [0.717, 1.165) is 10.6 Å². The van der Waals surface area contributed by atoms with Crippen LogP contribution in [0.25, 0.3) is 0 Å². The topological polar surface area (TPSA) is 55.1 Å². The number of carbonyl (C=O) groups is 1. The van der Waals surface area contributed by atoms with Gasteiger partial charge in [-0.25, -0.2) is 0 Å². The second-order valence-corrected chi connectivity index (χ2v) is 4.29. The van der Waals surface area contributed by atoms with Gasteiger partial charge in [0.2, 0.25) is 0 Å². The number of anilines is 1. The first-order valence-electron chi connectivity index (χ1n) is 3.69. The number of nitrogens with one attached hydrogen (secondary N) is 1. The first kappa shape index (κ1) is 8.87. The average Bonchev–Trinajstić information content (AvgIpc) is 2.08. The molecule has 1 atom stereocenters. The molecule has 1 aromatic carbocycles. The molecule has 5 heteroatoms. The van der Waals surface area contributed by atoms with E-state index in [2.05, 4.69) is 5.32 Å². The van der Waals surface area contributed by atoms with Crippen molar-refractivity contribution in [1.82, 2.24) is 0 Å². The van der Waals surface area contributed by atoms with Gasteiger partial charge in [-0.05, 0) is 18.2 Å². The fourth-order valence-electron chi connectivity index (χ4n) is 1.09. The largest absolute Gasteiger partial charge is 0.323 e. The van der Waals surface area contributed by atoms with Gasteiger partial charge in [0.15, 0.2) is 0 Å². The molecule has 0 bridgehead atoms. The van der Waals surface area contributed by atoms with Crippen LogP contribution in [0.2, 0.25) is 5.02 Å². The number of rotatable bonds is 0. The van der Waals surface area contributed by atoms with Crippen molar-refractivity contribution < 1.29 is 4.79 Å². The zero-order chi connectivity index (χ0) is 9.42. The zero-order valence-corrected chi connectivity index (χ0v) is 8.15. The van der Waals surface area contributed by atoms with E-state index in [0.29, 0.717) is 5.02 Å². The van der Waals surface area contributed by atoms with E-state index in [-0.39, 0.29) is 5.91 Å². The van der Waals surface area contributed by atoms with Crippen molar-refractivity contribution in [3.05, 3.63) is 23.2 Å². The molecule has 1 aliphatic heterocycles. The lowest BCUT2D eigenvalue weighted by atomic mass is 10.3. The Morgan fingerprint density at radius 1 is 1.54 bits per heavy atom. The summed E-state index contributed by atoms with van der Waals surface area (Å²) in [5.41, 5.74) is 6.33. The lowest BCUT2D eigenvalue weighted by Crippen LogP contribution is -2.35. The second kappa shape index (κ2) is 3.21. The van der Waals surface area contributed by atoms with Crippen LogP contribution in [0.4, 0.5) is 5.69 Å². The molecule has 1 aliphatic rings. The van der Waals surface area contributed by atoms with E-state index in [1.165, 1.54) is 11.8 Å². The molecule has 0 saturated heterocycles. The zero-order valence-electron chi connectivity index (χ0n) is 6.58. The van der Waals surface area contributed by atoms with Gasteiger partial charge in [0.05, 0.1) is 5.69 Å². The maximum absolute atomic E-state index is 11.2. The minimum absolute atomic E-state index is 0.167. The van der Waals surface area contributed by atoms with Gasteiger partial charge < -0.3 is 11.1 Å². The summed E-state index contributed by atoms with van der Waals surface area (Å²) < 4.78 is 0. The predicted octanol–water partition coefficient (Wildman–Crippen LogP) is 1.67. The number of benzene rings is 1. The van der Waals surface area contributed by atoms with Crippen LogP contribution in [0.1, 0.15) is 0 Å². The van der Waals surface area contributed by atoms with Crippen LogP contribution in [-0.2, 0) is 4.79 Å². The Hall–Kier alpha value is -0.710. The second-order valence-electron chi connectivity index (χ2n) is 2.67. The van der Waals surface area contributed by atoms with Gasteiger partial charge >= 0.3 is 0 Å². The quantitative estimate of drug-likeness (QED) is 0.691. The number of fused-ring (bicyclic) bond motifs is 1. The molecular weight excluding hydrogens is 208 g/mol. The van der Waals surface area contributed by atoms with E-state index >= 15 is 0 Å². The summed E-state index contributed by atoms with van der Waals surface area (Å²) in [4.78, 5) is 12.1. The molecule has 1 aromatic rings. The highest BCUT2D eigenvalue weighted by Gasteiger charge is 2.23. The Kier molecular flexibility index (Phi) is 2.19. The third-order valence-electron chi connectivity index (χ3n) is 1.71. The van der Waals surface area contributed by atoms with E-state index in [1.807, 2.05) is 0 Å². The van der Waals surface area contributed by atoms with Gasteiger partial charge in [0.1, 0.15) is 5.37 Å². The standard InChI is InChI=1S/C8H7ClN2OS/c9-4-1-2-5-6(3-4)13-7(10)8(12)11-5/h1-3,7H,10H2,(H,11,12). The first-order valence-corrected chi connectivity index (χ1v) is 4.95. The van der Waals surface area contributed by atoms with Crippen LogP contribution in [0.3, 0.4) is 0 Å². The first-order chi connectivity index (χ1) is 6.16. The maximum atomic E-state index is 11.2. The Bertz CT molecular complexity index is 369. The number of amides is 1. The minimum Gasteiger partial charge on any atom is -0.323 e. The van der Waals surface area contributed by atoms with Crippen LogP contribution >= 0.6 is 23.4 Å². The van der Waals surface area contributed by atoms with Crippen LogP contribution in [0, 0.1) is 0 Å². The summed E-state index contributed by atoms with van der Waals surface area (Å²) >= 11 is 7.11. The number of hydrogen-bond acceptors (Lipinski definition) is 3. The van der Waals surface area contributed by atoms with E-state index in [1.54, 1.807) is 18.2 Å². The van der Waals surface area contributed by atoms with Crippen LogP contribution in [-0.4, -0.2) is 11.3 Å². The highest BCUT2D eigenvalue weighted by atomic mass is 35.5. The molecule has 3 nitrogen and oxygen atoms in total. The van der Waals surface area contributed by atoms with Crippen LogP contribution in [0.15, 0.2) is 23.1 Å². The molecule has 3 N–H and O–H groups in total. The predicted molar refractivity (Wildman–Crippen MR) is 53.9 cm³/mol. The summed E-state index contributed by atoms with van der Waals surface area (Å²) in [6.45, 7) is 0. The molecule has 0 saturated carbocycles. The fourth-order valence-corrected chi connectivity index (χ4v) is 2.21. The third kappa shape index (κ3) is 1.65. The van der Waals surface area contributed by atoms with Gasteiger partial charge in [-0.15, -0.1) is 0 Å². The monoisotopic (exact) mass is 214 g/mol. The van der Waals surface area contributed by atoms with Gasteiger partial charge in [0.25, 0.3) is 5.91 Å². The summed E-state index contributed by atoms with van der Waals surface area (Å²) in [7, 11) is 0. The van der Waals surface area contributed by atoms with Crippen molar-refractivity contribution in [2.24, 2.45) is 5.73 Å². The average molecular weight is 215 g/mol. The molecule has 0 spiro atoms. The molecule has 0 aromatic heterocycles. The van der Waals surface area contributed by atoms with Crippen molar-refractivity contribution in [1.29, 1.82) is 0 Å². The van der Waals surface area contributed by atoms with Gasteiger partial charge in [-0.1, -0.05) is 23.4 Å². The molecule has 0 radical (unpaired) electrons. The smallest absolute Gasteiger partial charge is 0.252 e. The molecule has 13 heavy (non-hydrogen) atoms. The number of hydrogen-bond donors (Lipinski definition) is 2. The number of halogens is 1. The molecular formula is C8H7ClN2OS. The number of thioether (sulfide) groups is 1. The van der Waals surface area contributed by atoms with Crippen molar-refractivity contribution >= 4 is 35.0 Å². The van der Waals surface area contributed by atoms with Gasteiger partial charge in [-0.2, -0.15) is 0 Å². The van der Waals surface area contributed by atoms with Crippen molar-refractivity contribution in [3.63, 3.8) is 0 Å². The van der Waals surface area contributed by atoms with Gasteiger partial charge in [0, 0.05) is 9.92 Å². The fraction of sp³-hybridized carbons (Fsp3) is 0.125. The van der Waals surface area contributed by atoms with Crippen LogP contribution < -0.4 is 11.1 Å². The Labute approximate surface area is 84.6 Å². The molecule has 68 valence electrons. The molecule has 2 rings (SSSR count). The van der Waals surface area contributed by atoms with Crippen molar-refractivity contribution in [2.45, 2.75) is 10.3 Å². The van der Waals surface area contributed by atoms with E-state index < -0.39 is 5.37 Å². The summed E-state index contributed by atoms with van der Waals surface area (Å²) in [6, 6.07) is 5.30. The van der Waals surface area contributed by atoms with Gasteiger partial charge in [-0.3, -0.25) is 4.79 Å². The van der Waals surface area contributed by atoms with E-state index in [4.69, 9.17) is 17.3 Å². The summed E-state index contributed by atoms with van der Waals surface area (Å²) in [5, 5.41) is 2.81.